The highest BCUT2D eigenvalue weighted by Gasteiger charge is 2.22. The van der Waals surface area contributed by atoms with Crippen LogP contribution in [-0.4, -0.2) is 37.1 Å². The van der Waals surface area contributed by atoms with Gasteiger partial charge in [-0.3, -0.25) is 4.79 Å². The lowest BCUT2D eigenvalue weighted by molar-refractivity contribution is -0.123. The molecule has 3 rings (SSSR count). The Labute approximate surface area is 231 Å². The molecule has 0 saturated heterocycles. The lowest BCUT2D eigenvalue weighted by atomic mass is 10.0. The molecule has 0 unspecified atom stereocenters. The number of carbonyl (C=O) groups excluding carboxylic acids is 2. The van der Waals surface area contributed by atoms with Gasteiger partial charge in [-0.15, -0.1) is 24.8 Å². The van der Waals surface area contributed by atoms with E-state index in [2.05, 4.69) is 21.3 Å². The number of hydrogen-bond acceptors (Lipinski definition) is 4. The van der Waals surface area contributed by atoms with Crippen LogP contribution >= 0.6 is 24.8 Å². The van der Waals surface area contributed by atoms with Gasteiger partial charge in [0.1, 0.15) is 0 Å². The van der Waals surface area contributed by atoms with E-state index in [0.717, 1.165) is 23.2 Å². The molecule has 0 aliphatic heterocycles. The Morgan fingerprint density at radius 2 is 1.32 bits per heavy atom. The van der Waals surface area contributed by atoms with Crippen LogP contribution in [0.2, 0.25) is 0 Å². The summed E-state index contributed by atoms with van der Waals surface area (Å²) in [4.78, 5) is 25.6. The van der Waals surface area contributed by atoms with Crippen molar-refractivity contribution in [3.05, 3.63) is 102 Å². The summed E-state index contributed by atoms with van der Waals surface area (Å²) in [5.41, 5.74) is 8.63. The quantitative estimate of drug-likeness (QED) is 0.221. The first kappa shape index (κ1) is 31.9. The summed E-state index contributed by atoms with van der Waals surface area (Å²) < 4.78 is 0. The van der Waals surface area contributed by atoms with Gasteiger partial charge in [0.25, 0.3) is 0 Å². The molecule has 200 valence electrons. The van der Waals surface area contributed by atoms with Gasteiger partial charge in [-0.05, 0) is 49.1 Å². The molecule has 0 spiro atoms. The Balaban J connectivity index is 0.00000342. The minimum absolute atomic E-state index is 0. The van der Waals surface area contributed by atoms with Crippen molar-refractivity contribution in [2.75, 3.05) is 18.4 Å². The molecule has 0 radical (unpaired) electrons. The number of rotatable bonds is 13. The van der Waals surface area contributed by atoms with E-state index in [0.29, 0.717) is 32.5 Å². The van der Waals surface area contributed by atoms with Gasteiger partial charge in [0.15, 0.2) is 0 Å². The molecule has 2 atom stereocenters. The van der Waals surface area contributed by atoms with Crippen molar-refractivity contribution < 1.29 is 9.59 Å². The van der Waals surface area contributed by atoms with Gasteiger partial charge in [0.05, 0.1) is 6.04 Å². The summed E-state index contributed by atoms with van der Waals surface area (Å²) in [5, 5.41) is 12.3. The van der Waals surface area contributed by atoms with E-state index in [4.69, 9.17) is 5.73 Å². The number of benzene rings is 3. The molecule has 0 saturated carbocycles. The van der Waals surface area contributed by atoms with E-state index in [1.807, 2.05) is 91.0 Å². The Kier molecular flexibility index (Phi) is 15.7. The number of para-hydroxylation sites is 1. The van der Waals surface area contributed by atoms with E-state index in [1.54, 1.807) is 0 Å². The SMILES string of the molecule is Cl.Cl.NCCC[C@H](N[C@H](CNC(=O)Nc1ccccc1)Cc1ccccc1)C(=O)NCc1ccccc1. The molecule has 9 heteroatoms. The van der Waals surface area contributed by atoms with Crippen molar-refractivity contribution in [3.63, 3.8) is 0 Å². The van der Waals surface area contributed by atoms with Crippen LogP contribution < -0.4 is 27.0 Å². The van der Waals surface area contributed by atoms with Crippen LogP contribution in [-0.2, 0) is 17.8 Å². The number of nitrogens with two attached hydrogens (primary N) is 1. The minimum atomic E-state index is -0.421. The van der Waals surface area contributed by atoms with E-state index < -0.39 is 6.04 Å². The highest BCUT2D eigenvalue weighted by molar-refractivity contribution is 5.89. The summed E-state index contributed by atoms with van der Waals surface area (Å²) in [6.07, 6.45) is 1.99. The fourth-order valence-electron chi connectivity index (χ4n) is 3.81. The van der Waals surface area contributed by atoms with Crippen LogP contribution in [0.3, 0.4) is 0 Å². The van der Waals surface area contributed by atoms with Gasteiger partial charge < -0.3 is 27.0 Å². The molecule has 7 nitrogen and oxygen atoms in total. The third-order valence-corrected chi connectivity index (χ3v) is 5.63. The Hall–Kier alpha value is -3.10. The predicted octanol–water partition coefficient (Wildman–Crippen LogP) is 4.28. The van der Waals surface area contributed by atoms with Gasteiger partial charge >= 0.3 is 6.03 Å². The number of carbonyl (C=O) groups is 2. The first-order chi connectivity index (χ1) is 17.1. The smallest absolute Gasteiger partial charge is 0.319 e. The second-order valence-electron chi connectivity index (χ2n) is 8.44. The van der Waals surface area contributed by atoms with Crippen molar-refractivity contribution in [2.45, 2.75) is 37.9 Å². The Morgan fingerprint density at radius 1 is 0.757 bits per heavy atom. The molecule has 0 bridgehead atoms. The van der Waals surface area contributed by atoms with Crippen molar-refractivity contribution in [3.8, 4) is 0 Å². The zero-order chi connectivity index (χ0) is 24.7. The maximum Gasteiger partial charge on any atom is 0.319 e. The van der Waals surface area contributed by atoms with Crippen LogP contribution in [0, 0.1) is 0 Å². The van der Waals surface area contributed by atoms with E-state index in [-0.39, 0.29) is 42.8 Å². The molecule has 0 aliphatic carbocycles. The third-order valence-electron chi connectivity index (χ3n) is 5.63. The first-order valence-electron chi connectivity index (χ1n) is 12.1. The van der Waals surface area contributed by atoms with Crippen molar-refractivity contribution in [2.24, 2.45) is 5.73 Å². The Bertz CT molecular complexity index is 1030. The van der Waals surface area contributed by atoms with Crippen molar-refractivity contribution in [1.82, 2.24) is 16.0 Å². The fourth-order valence-corrected chi connectivity index (χ4v) is 3.81. The molecular weight excluding hydrogens is 509 g/mol. The molecule has 3 aromatic rings. The number of hydrogen-bond donors (Lipinski definition) is 5. The summed E-state index contributed by atoms with van der Waals surface area (Å²) in [5.74, 6) is -0.0749. The molecule has 3 amide bonds. The zero-order valence-electron chi connectivity index (χ0n) is 20.8. The van der Waals surface area contributed by atoms with Gasteiger partial charge in [-0.25, -0.2) is 4.79 Å². The lowest BCUT2D eigenvalue weighted by Crippen LogP contribution is -2.52. The molecule has 0 fully saturated rings. The van der Waals surface area contributed by atoms with Crippen LogP contribution in [0.5, 0.6) is 0 Å². The first-order valence-corrected chi connectivity index (χ1v) is 12.1. The highest BCUT2D eigenvalue weighted by Crippen LogP contribution is 2.08. The summed E-state index contributed by atoms with van der Waals surface area (Å²) in [6, 6.07) is 28.3. The summed E-state index contributed by atoms with van der Waals surface area (Å²) in [7, 11) is 0. The van der Waals surface area contributed by atoms with Gasteiger partial charge in [0.2, 0.25) is 5.91 Å². The normalized spacial score (nSPS) is 11.7. The molecule has 37 heavy (non-hydrogen) atoms. The Morgan fingerprint density at radius 3 is 1.92 bits per heavy atom. The van der Waals surface area contributed by atoms with Crippen LogP contribution in [0.15, 0.2) is 91.0 Å². The topological polar surface area (TPSA) is 108 Å². The lowest BCUT2D eigenvalue weighted by Gasteiger charge is -2.26. The van der Waals surface area contributed by atoms with Gasteiger partial charge in [-0.1, -0.05) is 78.9 Å². The maximum atomic E-state index is 13.1. The maximum absolute atomic E-state index is 13.1. The molecule has 3 aromatic carbocycles. The van der Waals surface area contributed by atoms with Crippen LogP contribution in [0.25, 0.3) is 0 Å². The average molecular weight is 547 g/mol. The van der Waals surface area contributed by atoms with E-state index in [1.165, 1.54) is 0 Å². The van der Waals surface area contributed by atoms with Gasteiger partial charge in [-0.2, -0.15) is 0 Å². The van der Waals surface area contributed by atoms with E-state index >= 15 is 0 Å². The number of nitrogens with one attached hydrogen (secondary N) is 4. The molecule has 0 aliphatic rings. The van der Waals surface area contributed by atoms with Gasteiger partial charge in [0, 0.05) is 24.8 Å². The van der Waals surface area contributed by atoms with Crippen LogP contribution in [0.1, 0.15) is 24.0 Å². The molecule has 0 heterocycles. The predicted molar refractivity (Wildman–Crippen MR) is 155 cm³/mol. The van der Waals surface area contributed by atoms with Crippen LogP contribution in [0.4, 0.5) is 10.5 Å². The second-order valence-corrected chi connectivity index (χ2v) is 8.44. The fraction of sp³-hybridized carbons (Fsp3) is 0.286. The summed E-state index contributed by atoms with van der Waals surface area (Å²) >= 11 is 0. The molecule has 0 aromatic heterocycles. The second kappa shape index (κ2) is 18.2. The molecular formula is C28H37Cl2N5O2. The number of halogens is 2. The number of urea groups is 1. The monoisotopic (exact) mass is 545 g/mol. The van der Waals surface area contributed by atoms with Crippen molar-refractivity contribution >= 4 is 42.4 Å². The minimum Gasteiger partial charge on any atom is -0.351 e. The van der Waals surface area contributed by atoms with Crippen molar-refractivity contribution in [1.29, 1.82) is 0 Å². The number of amides is 3. The standard InChI is InChI=1S/C28H35N5O2.2ClH/c29-18-10-17-26(27(34)30-20-23-13-6-2-7-14-23)32-25(19-22-11-4-1-5-12-22)21-31-28(35)33-24-15-8-3-9-16-24;;/h1-9,11-16,25-26,32H,10,17-21,29H2,(H,30,34)(H2,31,33,35);2*1H/t25-,26-;;/m0../s1. The molecule has 6 N–H and O–H groups in total. The third kappa shape index (κ3) is 12.1. The van der Waals surface area contributed by atoms with E-state index in [9.17, 15) is 9.59 Å². The summed E-state index contributed by atoms with van der Waals surface area (Å²) in [6.45, 7) is 1.32. The average Bonchev–Trinajstić information content (AvgIpc) is 2.90. The highest BCUT2D eigenvalue weighted by atomic mass is 35.5. The zero-order valence-corrected chi connectivity index (χ0v) is 22.4. The largest absolute Gasteiger partial charge is 0.351 e. The number of anilines is 1.